The first-order chi connectivity index (χ1) is 9.50. The fraction of sp³-hybridized carbons (Fsp3) is 0.364. The molecular formula is C11H8Cl2F3NO3S. The van der Waals surface area contributed by atoms with Crippen LogP contribution in [0, 0.1) is 0 Å². The zero-order valence-electron chi connectivity index (χ0n) is 10.2. The monoisotopic (exact) mass is 361 g/mol. The maximum Gasteiger partial charge on any atom is 0.417 e. The molecule has 1 heterocycles. The molecule has 1 saturated heterocycles. The van der Waals surface area contributed by atoms with Gasteiger partial charge in [-0.05, 0) is 18.2 Å². The van der Waals surface area contributed by atoms with E-state index in [0.29, 0.717) is 0 Å². The molecule has 116 valence electrons. The molecule has 0 aromatic heterocycles. The number of halogens is 5. The highest BCUT2D eigenvalue weighted by Gasteiger charge is 2.39. The largest absolute Gasteiger partial charge is 0.417 e. The van der Waals surface area contributed by atoms with Crippen molar-refractivity contribution < 1.29 is 26.4 Å². The molecule has 1 aromatic carbocycles. The lowest BCUT2D eigenvalue weighted by molar-refractivity contribution is -0.137. The van der Waals surface area contributed by atoms with Crippen molar-refractivity contribution in [3.05, 3.63) is 28.8 Å². The second-order valence-electron chi connectivity index (χ2n) is 4.47. The van der Waals surface area contributed by atoms with Crippen molar-refractivity contribution in [2.75, 3.05) is 11.4 Å². The molecule has 0 spiro atoms. The van der Waals surface area contributed by atoms with E-state index in [1.165, 1.54) is 0 Å². The first-order valence-electron chi connectivity index (χ1n) is 5.60. The summed E-state index contributed by atoms with van der Waals surface area (Å²) in [6.45, 7) is -0.216. The van der Waals surface area contributed by atoms with E-state index in [0.717, 1.165) is 23.1 Å². The van der Waals surface area contributed by atoms with Crippen LogP contribution in [0.2, 0.25) is 5.02 Å². The number of nitrogens with zero attached hydrogens (tertiary/aromatic N) is 1. The number of amides is 1. The van der Waals surface area contributed by atoms with Gasteiger partial charge in [-0.3, -0.25) is 4.79 Å². The molecule has 1 aromatic rings. The van der Waals surface area contributed by atoms with Crippen LogP contribution in [-0.4, -0.2) is 26.1 Å². The number of alkyl halides is 3. The summed E-state index contributed by atoms with van der Waals surface area (Å²) in [5, 5.41) is -1.65. The Morgan fingerprint density at radius 3 is 2.33 bits per heavy atom. The molecule has 0 radical (unpaired) electrons. The van der Waals surface area contributed by atoms with Crippen molar-refractivity contribution in [3.63, 3.8) is 0 Å². The smallest absolute Gasteiger partial charge is 0.311 e. The van der Waals surface area contributed by atoms with Crippen molar-refractivity contribution in [1.82, 2.24) is 0 Å². The third kappa shape index (κ3) is 3.44. The number of rotatable bonds is 2. The molecule has 1 aliphatic rings. The minimum atomic E-state index is -4.60. The van der Waals surface area contributed by atoms with Crippen LogP contribution in [0.15, 0.2) is 18.2 Å². The lowest BCUT2D eigenvalue weighted by Gasteiger charge is -2.18. The van der Waals surface area contributed by atoms with Crippen molar-refractivity contribution in [2.45, 2.75) is 17.8 Å². The lowest BCUT2D eigenvalue weighted by Crippen LogP contribution is -2.26. The number of hydrogen-bond donors (Lipinski definition) is 0. The van der Waals surface area contributed by atoms with Crippen LogP contribution in [-0.2, 0) is 20.0 Å². The van der Waals surface area contributed by atoms with E-state index in [4.69, 9.17) is 22.3 Å². The number of carbonyl (C=O) groups is 1. The summed E-state index contributed by atoms with van der Waals surface area (Å²) < 4.78 is 60.2. The summed E-state index contributed by atoms with van der Waals surface area (Å²) in [6, 6.07) is 2.79. The Morgan fingerprint density at radius 1 is 1.29 bits per heavy atom. The molecule has 0 saturated carbocycles. The van der Waals surface area contributed by atoms with Crippen LogP contribution in [0.4, 0.5) is 18.9 Å². The summed E-state index contributed by atoms with van der Waals surface area (Å²) in [4.78, 5) is 12.8. The van der Waals surface area contributed by atoms with E-state index < -0.39 is 37.0 Å². The van der Waals surface area contributed by atoms with Gasteiger partial charge in [0.2, 0.25) is 15.0 Å². The van der Waals surface area contributed by atoms with Gasteiger partial charge in [-0.2, -0.15) is 13.2 Å². The van der Waals surface area contributed by atoms with Gasteiger partial charge in [-0.25, -0.2) is 8.42 Å². The van der Waals surface area contributed by atoms with Crippen LogP contribution in [0.3, 0.4) is 0 Å². The van der Waals surface area contributed by atoms with Crippen molar-refractivity contribution in [2.24, 2.45) is 0 Å². The summed E-state index contributed by atoms with van der Waals surface area (Å²) >= 11 is 5.56. The third-order valence-electron chi connectivity index (χ3n) is 3.06. The van der Waals surface area contributed by atoms with Crippen LogP contribution in [0.25, 0.3) is 0 Å². The Bertz CT molecular complexity index is 690. The molecule has 1 fully saturated rings. The highest BCUT2D eigenvalue weighted by molar-refractivity contribution is 8.14. The molecule has 10 heteroatoms. The quantitative estimate of drug-likeness (QED) is 0.760. The van der Waals surface area contributed by atoms with Gasteiger partial charge in [0.05, 0.1) is 10.6 Å². The van der Waals surface area contributed by atoms with E-state index in [1.54, 1.807) is 0 Å². The predicted octanol–water partition coefficient (Wildman–Crippen LogP) is 3.03. The number of carbonyl (C=O) groups excluding carboxylic acids is 1. The average Bonchev–Trinajstić information content (AvgIpc) is 2.69. The third-order valence-corrected chi connectivity index (χ3v) is 5.24. The zero-order valence-corrected chi connectivity index (χ0v) is 12.5. The Labute approximate surface area is 127 Å². The fourth-order valence-corrected chi connectivity index (χ4v) is 3.32. The molecule has 0 aliphatic carbocycles. The highest BCUT2D eigenvalue weighted by Crippen LogP contribution is 2.37. The summed E-state index contributed by atoms with van der Waals surface area (Å²) in [5.41, 5.74) is -0.929. The molecule has 1 atom stereocenters. The highest BCUT2D eigenvalue weighted by atomic mass is 35.7. The standard InChI is InChI=1S/C11H8Cl2F3NO3S/c12-9-3-6(1-2-8(9)11(14,15)16)17-5-7(4-10(17)18)21(13,19)20/h1-3,7H,4-5H2. The SMILES string of the molecule is O=C1CC(S(=O)(=O)Cl)CN1c1ccc(C(F)(F)F)c(Cl)c1. The number of hydrogen-bond acceptors (Lipinski definition) is 3. The van der Waals surface area contributed by atoms with Crippen LogP contribution in [0.5, 0.6) is 0 Å². The molecule has 4 nitrogen and oxygen atoms in total. The van der Waals surface area contributed by atoms with Crippen LogP contribution >= 0.6 is 22.3 Å². The van der Waals surface area contributed by atoms with E-state index >= 15 is 0 Å². The molecule has 2 rings (SSSR count). The first kappa shape index (κ1) is 16.4. The van der Waals surface area contributed by atoms with Gasteiger partial charge in [0.15, 0.2) is 0 Å². The van der Waals surface area contributed by atoms with Crippen molar-refractivity contribution in [3.8, 4) is 0 Å². The van der Waals surface area contributed by atoms with Gasteiger partial charge in [0.1, 0.15) is 5.25 Å². The Balaban J connectivity index is 2.32. The van der Waals surface area contributed by atoms with Crippen LogP contribution in [0.1, 0.15) is 12.0 Å². The summed E-state index contributed by atoms with van der Waals surface area (Å²) in [6.07, 6.45) is -4.92. The normalized spacial score (nSPS) is 20.1. The van der Waals surface area contributed by atoms with E-state index in [-0.39, 0.29) is 18.7 Å². The maximum atomic E-state index is 12.6. The Kier molecular flexibility index (Phi) is 4.16. The zero-order chi connectivity index (χ0) is 16.0. The fourth-order valence-electron chi connectivity index (χ4n) is 2.01. The van der Waals surface area contributed by atoms with Crippen molar-refractivity contribution in [1.29, 1.82) is 0 Å². The van der Waals surface area contributed by atoms with Gasteiger partial charge in [0, 0.05) is 29.3 Å². The van der Waals surface area contributed by atoms with Crippen LogP contribution < -0.4 is 4.90 Å². The van der Waals surface area contributed by atoms with Crippen molar-refractivity contribution >= 4 is 42.9 Å². The average molecular weight is 362 g/mol. The molecular weight excluding hydrogens is 354 g/mol. The minimum Gasteiger partial charge on any atom is -0.311 e. The van der Waals surface area contributed by atoms with Gasteiger partial charge in [-0.1, -0.05) is 11.6 Å². The van der Waals surface area contributed by atoms with Gasteiger partial charge >= 0.3 is 6.18 Å². The summed E-state index contributed by atoms with van der Waals surface area (Å²) in [5.74, 6) is -0.542. The molecule has 21 heavy (non-hydrogen) atoms. The predicted molar refractivity (Wildman–Crippen MR) is 72.0 cm³/mol. The van der Waals surface area contributed by atoms with Gasteiger partial charge in [0.25, 0.3) is 0 Å². The first-order valence-corrected chi connectivity index (χ1v) is 8.36. The minimum absolute atomic E-state index is 0.0980. The summed E-state index contributed by atoms with van der Waals surface area (Å²) in [7, 11) is 1.27. The van der Waals surface area contributed by atoms with Gasteiger partial charge < -0.3 is 4.90 Å². The Hall–Kier alpha value is -0.990. The lowest BCUT2D eigenvalue weighted by atomic mass is 10.2. The number of benzene rings is 1. The molecule has 1 unspecified atom stereocenters. The van der Waals surface area contributed by atoms with E-state index in [9.17, 15) is 26.4 Å². The molecule has 1 aliphatic heterocycles. The topological polar surface area (TPSA) is 54.5 Å². The maximum absolute atomic E-state index is 12.6. The Morgan fingerprint density at radius 2 is 1.90 bits per heavy atom. The molecule has 0 N–H and O–H groups in total. The van der Waals surface area contributed by atoms with Gasteiger partial charge in [-0.15, -0.1) is 0 Å². The second-order valence-corrected chi connectivity index (χ2v) is 7.78. The molecule has 1 amide bonds. The van der Waals surface area contributed by atoms with E-state index in [2.05, 4.69) is 0 Å². The van der Waals surface area contributed by atoms with E-state index in [1.807, 2.05) is 0 Å². The molecule has 0 bridgehead atoms. The second kappa shape index (κ2) is 5.33. The number of anilines is 1.